The van der Waals surface area contributed by atoms with Crippen LogP contribution in [0.5, 0.6) is 5.75 Å². The summed E-state index contributed by atoms with van der Waals surface area (Å²) in [5.74, 6) is 0.104. The molecular weight excluding hydrogens is 375 g/mol. The van der Waals surface area contributed by atoms with Crippen LogP contribution in [0.3, 0.4) is 0 Å². The number of halogens is 2. The highest BCUT2D eigenvalue weighted by Crippen LogP contribution is 2.19. The van der Waals surface area contributed by atoms with E-state index in [0.717, 1.165) is 5.01 Å². The van der Waals surface area contributed by atoms with E-state index in [1.807, 2.05) is 5.38 Å². The summed E-state index contributed by atoms with van der Waals surface area (Å²) >= 11 is 7.25. The molecule has 0 radical (unpaired) electrons. The first-order valence-corrected chi connectivity index (χ1v) is 9.13. The van der Waals surface area contributed by atoms with Gasteiger partial charge in [-0.1, -0.05) is 17.7 Å². The van der Waals surface area contributed by atoms with Crippen molar-refractivity contribution < 1.29 is 13.9 Å². The van der Waals surface area contributed by atoms with Gasteiger partial charge in [-0.2, -0.15) is 0 Å². The monoisotopic (exact) mass is 390 g/mol. The maximum Gasteiger partial charge on any atom is 0.230 e. The minimum atomic E-state index is -0.349. The summed E-state index contributed by atoms with van der Waals surface area (Å²) in [6, 6.07) is 11.7. The molecule has 1 N–H and O–H groups in total. The Morgan fingerprint density at radius 1 is 1.27 bits per heavy atom. The number of carbonyl (C=O) groups excluding carboxylic acids is 1. The molecule has 0 aliphatic heterocycles. The minimum absolute atomic E-state index is 0.118. The van der Waals surface area contributed by atoms with Crippen molar-refractivity contribution in [3.8, 4) is 5.75 Å². The molecule has 1 amide bonds. The summed E-state index contributed by atoms with van der Waals surface area (Å²) in [4.78, 5) is 16.5. The predicted octanol–water partition coefficient (Wildman–Crippen LogP) is 5.00. The second-order valence-electron chi connectivity index (χ2n) is 5.66. The van der Waals surface area contributed by atoms with Crippen molar-refractivity contribution in [1.82, 2.24) is 4.98 Å². The SMILES string of the molecule is Cc1ccc(NC(=O)Cc2csc(COc3ccc(Cl)cc3)n2)cc1F. The molecule has 0 bridgehead atoms. The lowest BCUT2D eigenvalue weighted by Crippen LogP contribution is -2.14. The molecule has 134 valence electrons. The van der Waals surface area contributed by atoms with E-state index >= 15 is 0 Å². The van der Waals surface area contributed by atoms with Crippen molar-refractivity contribution in [1.29, 1.82) is 0 Å². The minimum Gasteiger partial charge on any atom is -0.486 e. The van der Waals surface area contributed by atoms with Gasteiger partial charge < -0.3 is 10.1 Å². The Morgan fingerprint density at radius 3 is 2.77 bits per heavy atom. The van der Waals surface area contributed by atoms with E-state index in [-0.39, 0.29) is 18.1 Å². The molecule has 0 aliphatic carbocycles. The molecule has 26 heavy (non-hydrogen) atoms. The summed E-state index contributed by atoms with van der Waals surface area (Å²) in [6.45, 7) is 1.99. The lowest BCUT2D eigenvalue weighted by Gasteiger charge is -2.05. The van der Waals surface area contributed by atoms with E-state index in [1.54, 1.807) is 43.3 Å². The van der Waals surface area contributed by atoms with Gasteiger partial charge in [0.25, 0.3) is 0 Å². The maximum absolute atomic E-state index is 13.5. The number of thiazole rings is 1. The van der Waals surface area contributed by atoms with Crippen molar-refractivity contribution in [2.24, 2.45) is 0 Å². The highest BCUT2D eigenvalue weighted by molar-refractivity contribution is 7.09. The zero-order valence-electron chi connectivity index (χ0n) is 14.0. The fraction of sp³-hybridized carbons (Fsp3) is 0.158. The van der Waals surface area contributed by atoms with Gasteiger partial charge in [-0.3, -0.25) is 4.79 Å². The van der Waals surface area contributed by atoms with Crippen molar-refractivity contribution in [2.45, 2.75) is 20.0 Å². The van der Waals surface area contributed by atoms with E-state index < -0.39 is 0 Å². The van der Waals surface area contributed by atoms with E-state index in [2.05, 4.69) is 10.3 Å². The third-order valence-electron chi connectivity index (χ3n) is 3.57. The van der Waals surface area contributed by atoms with Crippen LogP contribution < -0.4 is 10.1 Å². The Morgan fingerprint density at radius 2 is 2.04 bits per heavy atom. The Bertz CT molecular complexity index is 912. The van der Waals surface area contributed by atoms with Gasteiger partial charge in [0.05, 0.1) is 12.1 Å². The second kappa shape index (κ2) is 8.29. The highest BCUT2D eigenvalue weighted by Gasteiger charge is 2.10. The number of nitrogens with one attached hydrogen (secondary N) is 1. The van der Waals surface area contributed by atoms with Crippen molar-refractivity contribution in [2.75, 3.05) is 5.32 Å². The summed E-state index contributed by atoms with van der Waals surface area (Å²) in [5.41, 5.74) is 1.61. The molecule has 7 heteroatoms. The molecular formula is C19H16ClFN2O2S. The zero-order chi connectivity index (χ0) is 18.5. The average molecular weight is 391 g/mol. The lowest BCUT2D eigenvalue weighted by molar-refractivity contribution is -0.115. The first kappa shape index (κ1) is 18.4. The quantitative estimate of drug-likeness (QED) is 0.644. The Labute approximate surface area is 159 Å². The number of aryl methyl sites for hydroxylation is 1. The largest absolute Gasteiger partial charge is 0.486 e. The molecule has 0 saturated carbocycles. The fourth-order valence-corrected chi connectivity index (χ4v) is 3.04. The molecule has 4 nitrogen and oxygen atoms in total. The van der Waals surface area contributed by atoms with Gasteiger partial charge in [-0.25, -0.2) is 9.37 Å². The molecule has 1 aromatic heterocycles. The van der Waals surface area contributed by atoms with Crippen LogP contribution in [0.2, 0.25) is 5.02 Å². The lowest BCUT2D eigenvalue weighted by atomic mass is 10.2. The number of anilines is 1. The molecule has 2 aromatic carbocycles. The third-order valence-corrected chi connectivity index (χ3v) is 4.70. The van der Waals surface area contributed by atoms with Crippen molar-refractivity contribution >= 4 is 34.5 Å². The van der Waals surface area contributed by atoms with Gasteiger partial charge in [0.1, 0.15) is 23.2 Å². The fourth-order valence-electron chi connectivity index (χ4n) is 2.21. The topological polar surface area (TPSA) is 51.2 Å². The number of hydrogen-bond acceptors (Lipinski definition) is 4. The van der Waals surface area contributed by atoms with Crippen LogP contribution in [0.1, 0.15) is 16.3 Å². The molecule has 0 saturated heterocycles. The molecule has 3 rings (SSSR count). The van der Waals surface area contributed by atoms with E-state index in [1.165, 1.54) is 17.4 Å². The number of nitrogens with zero attached hydrogens (tertiary/aromatic N) is 1. The van der Waals surface area contributed by atoms with Crippen LogP contribution in [-0.2, 0) is 17.8 Å². The van der Waals surface area contributed by atoms with Gasteiger partial charge >= 0.3 is 0 Å². The summed E-state index contributed by atoms with van der Waals surface area (Å²) < 4.78 is 19.2. The van der Waals surface area contributed by atoms with Gasteiger partial charge in [-0.05, 0) is 48.9 Å². The molecule has 0 fully saturated rings. The second-order valence-corrected chi connectivity index (χ2v) is 7.04. The molecule has 1 heterocycles. The van der Waals surface area contributed by atoms with E-state index in [9.17, 15) is 9.18 Å². The number of amides is 1. The van der Waals surface area contributed by atoms with Crippen molar-refractivity contribution in [3.63, 3.8) is 0 Å². The Balaban J connectivity index is 1.53. The Kier molecular flexibility index (Phi) is 5.85. The molecule has 0 spiro atoms. The zero-order valence-corrected chi connectivity index (χ0v) is 15.5. The van der Waals surface area contributed by atoms with Gasteiger partial charge in [0.2, 0.25) is 5.91 Å². The highest BCUT2D eigenvalue weighted by atomic mass is 35.5. The maximum atomic E-state index is 13.5. The number of aromatic nitrogens is 1. The first-order chi connectivity index (χ1) is 12.5. The molecule has 0 aliphatic rings. The number of rotatable bonds is 6. The summed E-state index contributed by atoms with van der Waals surface area (Å²) in [5, 5.41) is 5.90. The number of hydrogen-bond donors (Lipinski definition) is 1. The Hall–Kier alpha value is -2.44. The number of carbonyl (C=O) groups is 1. The summed E-state index contributed by atoms with van der Waals surface area (Å²) in [6.07, 6.45) is 0.118. The summed E-state index contributed by atoms with van der Waals surface area (Å²) in [7, 11) is 0. The van der Waals surface area contributed by atoms with Gasteiger partial charge in [0, 0.05) is 16.1 Å². The smallest absolute Gasteiger partial charge is 0.230 e. The van der Waals surface area contributed by atoms with Crippen LogP contribution in [0.4, 0.5) is 10.1 Å². The van der Waals surface area contributed by atoms with Crippen LogP contribution in [0, 0.1) is 12.7 Å². The van der Waals surface area contributed by atoms with Crippen LogP contribution >= 0.6 is 22.9 Å². The normalized spacial score (nSPS) is 10.6. The molecule has 0 unspecified atom stereocenters. The third kappa shape index (κ3) is 5.03. The number of benzene rings is 2. The van der Waals surface area contributed by atoms with E-state index in [4.69, 9.17) is 16.3 Å². The van der Waals surface area contributed by atoms with Crippen LogP contribution in [-0.4, -0.2) is 10.9 Å². The van der Waals surface area contributed by atoms with Crippen LogP contribution in [0.15, 0.2) is 47.8 Å². The first-order valence-electron chi connectivity index (χ1n) is 7.87. The van der Waals surface area contributed by atoms with Gasteiger partial charge in [0.15, 0.2) is 0 Å². The standard InChI is InChI=1S/C19H16ClFN2O2S/c1-12-2-5-14(8-17(12)21)22-18(24)9-15-11-26-19(23-15)10-25-16-6-3-13(20)4-7-16/h2-8,11H,9-10H2,1H3,(H,22,24). The van der Waals surface area contributed by atoms with Crippen molar-refractivity contribution in [3.05, 3.63) is 74.9 Å². The van der Waals surface area contributed by atoms with E-state index in [0.29, 0.717) is 34.3 Å². The number of ether oxygens (including phenoxy) is 1. The van der Waals surface area contributed by atoms with Crippen LogP contribution in [0.25, 0.3) is 0 Å². The van der Waals surface area contributed by atoms with Gasteiger partial charge in [-0.15, -0.1) is 11.3 Å². The molecule has 3 aromatic rings. The average Bonchev–Trinajstić information content (AvgIpc) is 3.05. The molecule has 0 atom stereocenters. The predicted molar refractivity (Wildman–Crippen MR) is 101 cm³/mol.